The summed E-state index contributed by atoms with van der Waals surface area (Å²) in [7, 11) is 5.56. The third kappa shape index (κ3) is 4.17. The number of nitrogens with one attached hydrogen (secondary N) is 1. The van der Waals surface area contributed by atoms with Crippen molar-refractivity contribution in [3.8, 4) is 10.6 Å². The van der Waals surface area contributed by atoms with Crippen molar-refractivity contribution in [2.75, 3.05) is 27.2 Å². The summed E-state index contributed by atoms with van der Waals surface area (Å²) in [5.74, 6) is -0.00782. The van der Waals surface area contributed by atoms with Gasteiger partial charge in [0.2, 0.25) is 0 Å². The molecule has 9 heteroatoms. The minimum Gasteiger partial charge on any atom is -0.340 e. The van der Waals surface area contributed by atoms with Gasteiger partial charge >= 0.3 is 0 Å². The van der Waals surface area contributed by atoms with Gasteiger partial charge in [0.1, 0.15) is 0 Å². The van der Waals surface area contributed by atoms with E-state index in [9.17, 15) is 4.79 Å². The topological polar surface area (TPSA) is 63.1 Å². The Labute approximate surface area is 169 Å². The van der Waals surface area contributed by atoms with Gasteiger partial charge in [-0.3, -0.25) is 9.48 Å². The molecule has 3 rings (SSSR count). The minimum absolute atomic E-state index is 0. The Kier molecular flexibility index (Phi) is 8.02. The van der Waals surface area contributed by atoms with Crippen molar-refractivity contribution in [3.63, 3.8) is 0 Å². The van der Waals surface area contributed by atoms with Gasteiger partial charge in [-0.15, -0.1) is 36.2 Å². The van der Waals surface area contributed by atoms with Crippen LogP contribution in [-0.4, -0.2) is 52.8 Å². The van der Waals surface area contributed by atoms with Gasteiger partial charge in [0.15, 0.2) is 5.65 Å². The van der Waals surface area contributed by atoms with Gasteiger partial charge in [0.25, 0.3) is 5.91 Å². The summed E-state index contributed by atoms with van der Waals surface area (Å²) < 4.78 is 1.74. The number of carbonyl (C=O) groups is 1. The van der Waals surface area contributed by atoms with Crippen LogP contribution in [0, 0.1) is 6.92 Å². The molecule has 6 nitrogen and oxygen atoms in total. The van der Waals surface area contributed by atoms with Crippen LogP contribution in [0.15, 0.2) is 23.6 Å². The number of fused-ring (bicyclic) bond motifs is 1. The number of hydrogen-bond donors (Lipinski definition) is 1. The molecule has 0 fully saturated rings. The molecule has 142 valence electrons. The van der Waals surface area contributed by atoms with Crippen LogP contribution in [0.5, 0.6) is 0 Å². The zero-order valence-electron chi connectivity index (χ0n) is 15.1. The lowest BCUT2D eigenvalue weighted by Crippen LogP contribution is -2.33. The molecule has 0 atom stereocenters. The molecule has 1 amide bonds. The first-order valence-corrected chi connectivity index (χ1v) is 8.69. The largest absolute Gasteiger partial charge is 0.340 e. The lowest BCUT2D eigenvalue weighted by molar-refractivity contribution is 0.0798. The molecule has 0 aromatic carbocycles. The highest BCUT2D eigenvalue weighted by molar-refractivity contribution is 7.13. The van der Waals surface area contributed by atoms with E-state index >= 15 is 0 Å². The fourth-order valence-corrected chi connectivity index (χ4v) is 3.44. The summed E-state index contributed by atoms with van der Waals surface area (Å²) in [6.07, 6.45) is 0. The number of amides is 1. The molecule has 0 aliphatic heterocycles. The average Bonchev–Trinajstić information content (AvgIpc) is 3.20. The zero-order chi connectivity index (χ0) is 17.3. The molecular formula is C17H23Cl2N5OS. The maximum atomic E-state index is 13.0. The molecular weight excluding hydrogens is 393 g/mol. The number of likely N-dealkylation sites (N-methyl/N-ethyl adjacent to an activating group) is 2. The third-order valence-corrected chi connectivity index (χ3v) is 4.91. The summed E-state index contributed by atoms with van der Waals surface area (Å²) in [6.45, 7) is 3.31. The first-order valence-electron chi connectivity index (χ1n) is 7.81. The molecule has 0 saturated carbocycles. The van der Waals surface area contributed by atoms with Crippen LogP contribution in [0.1, 0.15) is 16.1 Å². The van der Waals surface area contributed by atoms with Crippen molar-refractivity contribution < 1.29 is 4.79 Å². The second-order valence-corrected chi connectivity index (χ2v) is 6.72. The highest BCUT2D eigenvalue weighted by atomic mass is 35.5. The summed E-state index contributed by atoms with van der Waals surface area (Å²) in [5, 5.41) is 10.4. The minimum atomic E-state index is -0.00782. The second-order valence-electron chi connectivity index (χ2n) is 5.77. The summed E-state index contributed by atoms with van der Waals surface area (Å²) in [5.41, 5.74) is 3.03. The molecule has 0 unspecified atom stereocenters. The first-order chi connectivity index (χ1) is 11.5. The number of carbonyl (C=O) groups excluding carboxylic acids is 1. The van der Waals surface area contributed by atoms with Crippen LogP contribution in [0.3, 0.4) is 0 Å². The predicted molar refractivity (Wildman–Crippen MR) is 112 cm³/mol. The predicted octanol–water partition coefficient (Wildman–Crippen LogP) is 3.14. The number of pyridine rings is 1. The Bertz CT molecular complexity index is 879. The van der Waals surface area contributed by atoms with E-state index < -0.39 is 0 Å². The Morgan fingerprint density at radius 3 is 2.73 bits per heavy atom. The molecule has 0 aliphatic carbocycles. The van der Waals surface area contributed by atoms with Crippen LogP contribution in [-0.2, 0) is 7.05 Å². The summed E-state index contributed by atoms with van der Waals surface area (Å²) >= 11 is 1.61. The molecule has 0 aliphatic rings. The number of nitrogens with zero attached hydrogens (tertiary/aromatic N) is 4. The standard InChI is InChI=1S/C17H21N5OS.2ClH/c1-11-15-12(17(23)21(3)8-7-18-2)10-13(14-6-5-9-24-14)19-16(15)22(4)20-11;;/h5-6,9-10,18H,7-8H2,1-4H3;2*1H. The molecule has 0 spiro atoms. The highest BCUT2D eigenvalue weighted by Gasteiger charge is 2.21. The number of aryl methyl sites for hydroxylation is 2. The van der Waals surface area contributed by atoms with E-state index in [2.05, 4.69) is 10.4 Å². The van der Waals surface area contributed by atoms with Gasteiger partial charge in [-0.05, 0) is 31.5 Å². The monoisotopic (exact) mass is 415 g/mol. The molecule has 0 bridgehead atoms. The van der Waals surface area contributed by atoms with Crippen molar-refractivity contribution in [1.29, 1.82) is 0 Å². The zero-order valence-corrected chi connectivity index (χ0v) is 17.6. The third-order valence-electron chi connectivity index (χ3n) is 4.02. The van der Waals surface area contributed by atoms with Crippen LogP contribution in [0.4, 0.5) is 0 Å². The van der Waals surface area contributed by atoms with Crippen LogP contribution < -0.4 is 5.32 Å². The van der Waals surface area contributed by atoms with Crippen molar-refractivity contribution in [3.05, 3.63) is 34.8 Å². The van der Waals surface area contributed by atoms with Gasteiger partial charge in [-0.2, -0.15) is 5.10 Å². The molecule has 1 N–H and O–H groups in total. The van der Waals surface area contributed by atoms with Gasteiger partial charge in [-0.1, -0.05) is 6.07 Å². The Morgan fingerprint density at radius 2 is 2.12 bits per heavy atom. The molecule has 0 saturated heterocycles. The van der Waals surface area contributed by atoms with Crippen molar-refractivity contribution in [2.24, 2.45) is 7.05 Å². The number of hydrogen-bond acceptors (Lipinski definition) is 5. The van der Waals surface area contributed by atoms with E-state index in [1.54, 1.807) is 20.9 Å². The van der Waals surface area contributed by atoms with E-state index in [4.69, 9.17) is 4.98 Å². The maximum absolute atomic E-state index is 13.0. The number of halogens is 2. The fraction of sp³-hybridized carbons (Fsp3) is 0.353. The van der Waals surface area contributed by atoms with Crippen molar-refractivity contribution >= 4 is 53.1 Å². The maximum Gasteiger partial charge on any atom is 0.254 e. The number of aromatic nitrogens is 3. The van der Waals surface area contributed by atoms with Gasteiger partial charge < -0.3 is 10.2 Å². The van der Waals surface area contributed by atoms with Gasteiger partial charge in [0.05, 0.1) is 27.2 Å². The molecule has 3 heterocycles. The Balaban J connectivity index is 0.00000169. The van der Waals surface area contributed by atoms with Gasteiger partial charge in [0, 0.05) is 27.2 Å². The molecule has 3 aromatic rings. The second kappa shape index (κ2) is 9.32. The highest BCUT2D eigenvalue weighted by Crippen LogP contribution is 2.29. The molecule has 0 radical (unpaired) electrons. The van der Waals surface area contributed by atoms with Crippen molar-refractivity contribution in [1.82, 2.24) is 25.0 Å². The van der Waals surface area contributed by atoms with Gasteiger partial charge in [-0.25, -0.2) is 4.98 Å². The lowest BCUT2D eigenvalue weighted by atomic mass is 10.1. The van der Waals surface area contributed by atoms with E-state index in [0.29, 0.717) is 12.1 Å². The molecule has 3 aromatic heterocycles. The molecule has 26 heavy (non-hydrogen) atoms. The first kappa shape index (κ1) is 22.4. The van der Waals surface area contributed by atoms with Crippen LogP contribution >= 0.6 is 36.2 Å². The fourth-order valence-electron chi connectivity index (χ4n) is 2.75. The summed E-state index contributed by atoms with van der Waals surface area (Å²) in [6, 6.07) is 5.89. The van der Waals surface area contributed by atoms with Crippen LogP contribution in [0.2, 0.25) is 0 Å². The van der Waals surface area contributed by atoms with E-state index in [1.807, 2.05) is 51.6 Å². The van der Waals surface area contributed by atoms with E-state index in [1.165, 1.54) is 0 Å². The number of rotatable bonds is 5. The lowest BCUT2D eigenvalue weighted by Gasteiger charge is -2.18. The quantitative estimate of drug-likeness (QED) is 0.694. The Hall–Kier alpha value is -1.67. The van der Waals surface area contributed by atoms with E-state index in [0.717, 1.165) is 33.8 Å². The normalized spacial score (nSPS) is 10.3. The summed E-state index contributed by atoms with van der Waals surface area (Å²) in [4.78, 5) is 20.5. The smallest absolute Gasteiger partial charge is 0.254 e. The average molecular weight is 416 g/mol. The SMILES string of the molecule is CNCCN(C)C(=O)c1cc(-c2cccs2)nc2c1c(C)nn2C.Cl.Cl. The van der Waals surface area contributed by atoms with Crippen LogP contribution in [0.25, 0.3) is 21.6 Å². The van der Waals surface area contributed by atoms with E-state index in [-0.39, 0.29) is 30.7 Å². The Morgan fingerprint density at radius 1 is 1.38 bits per heavy atom. The van der Waals surface area contributed by atoms with Crippen molar-refractivity contribution in [2.45, 2.75) is 6.92 Å². The number of thiophene rings is 1.